The molecule has 1 atom stereocenters. The topological polar surface area (TPSA) is 38.3 Å². The summed E-state index contributed by atoms with van der Waals surface area (Å²) in [6.45, 7) is 3.66. The fraction of sp³-hybridized carbons (Fsp3) is 0.462. The van der Waals surface area contributed by atoms with E-state index in [1.807, 2.05) is 6.92 Å². The van der Waals surface area contributed by atoms with Crippen LogP contribution in [0.15, 0.2) is 24.3 Å². The van der Waals surface area contributed by atoms with Crippen molar-refractivity contribution in [2.45, 2.75) is 33.1 Å². The molecule has 0 radical (unpaired) electrons. The van der Waals surface area contributed by atoms with E-state index >= 15 is 0 Å². The summed E-state index contributed by atoms with van der Waals surface area (Å²) in [7, 11) is 0. The van der Waals surface area contributed by atoms with E-state index in [9.17, 15) is 18.0 Å². The van der Waals surface area contributed by atoms with Crippen LogP contribution >= 0.6 is 0 Å². The summed E-state index contributed by atoms with van der Waals surface area (Å²) in [5.74, 6) is -0.990. The number of halogens is 3. The smallest absolute Gasteiger partial charge is 0.404 e. The van der Waals surface area contributed by atoms with Gasteiger partial charge in [0.15, 0.2) is 5.75 Å². The second-order valence-electron chi connectivity index (χ2n) is 4.22. The minimum absolute atomic E-state index is 0.0211. The molecule has 0 heterocycles. The molecule has 0 saturated heterocycles. The van der Waals surface area contributed by atoms with Crippen LogP contribution in [0.4, 0.5) is 18.9 Å². The second-order valence-corrected chi connectivity index (χ2v) is 4.22. The van der Waals surface area contributed by atoms with Gasteiger partial charge in [-0.25, -0.2) is 0 Å². The van der Waals surface area contributed by atoms with Crippen LogP contribution in [0.5, 0.6) is 5.75 Å². The molecule has 1 aromatic rings. The number of alkyl halides is 3. The van der Waals surface area contributed by atoms with E-state index in [0.717, 1.165) is 12.5 Å². The first-order chi connectivity index (χ1) is 8.83. The Morgan fingerprint density at radius 1 is 1.37 bits per heavy atom. The third-order valence-corrected chi connectivity index (χ3v) is 2.54. The van der Waals surface area contributed by atoms with Gasteiger partial charge in [0.2, 0.25) is 5.91 Å². The highest BCUT2D eigenvalue weighted by Crippen LogP contribution is 2.30. The van der Waals surface area contributed by atoms with Crippen LogP contribution in [-0.4, -0.2) is 12.3 Å². The van der Waals surface area contributed by atoms with Gasteiger partial charge < -0.3 is 10.1 Å². The molecule has 3 nitrogen and oxygen atoms in total. The van der Waals surface area contributed by atoms with Crippen molar-refractivity contribution in [1.29, 1.82) is 0 Å². The molecule has 0 saturated carbocycles. The van der Waals surface area contributed by atoms with Crippen molar-refractivity contribution < 1.29 is 22.7 Å². The summed E-state index contributed by atoms with van der Waals surface area (Å²) in [5, 5.41) is 2.45. The third-order valence-electron chi connectivity index (χ3n) is 2.54. The molecule has 1 aromatic carbocycles. The summed E-state index contributed by atoms with van der Waals surface area (Å²) in [5.41, 5.74) is 0.0211. The second kappa shape index (κ2) is 6.45. The molecule has 19 heavy (non-hydrogen) atoms. The number of para-hydroxylation sites is 2. The lowest BCUT2D eigenvalue weighted by Gasteiger charge is -2.15. The van der Waals surface area contributed by atoms with Gasteiger partial charge in [-0.1, -0.05) is 32.4 Å². The highest BCUT2D eigenvalue weighted by molar-refractivity contribution is 5.93. The molecule has 6 heteroatoms. The molecule has 0 bridgehead atoms. The SMILES string of the molecule is CCCC(C)C(=O)Nc1ccccc1OC(F)(F)F. The van der Waals surface area contributed by atoms with Gasteiger partial charge in [-0.15, -0.1) is 13.2 Å². The first-order valence-corrected chi connectivity index (χ1v) is 5.99. The van der Waals surface area contributed by atoms with Crippen LogP contribution in [0, 0.1) is 5.92 Å². The fourth-order valence-corrected chi connectivity index (χ4v) is 1.60. The number of benzene rings is 1. The zero-order chi connectivity index (χ0) is 14.5. The lowest BCUT2D eigenvalue weighted by atomic mass is 10.1. The van der Waals surface area contributed by atoms with Crippen LogP contribution in [0.1, 0.15) is 26.7 Å². The lowest BCUT2D eigenvalue weighted by Crippen LogP contribution is -2.22. The molecule has 1 rings (SSSR count). The molecule has 1 unspecified atom stereocenters. The monoisotopic (exact) mass is 275 g/mol. The first kappa shape index (κ1) is 15.3. The van der Waals surface area contributed by atoms with Crippen molar-refractivity contribution in [3.8, 4) is 5.75 Å². The molecule has 0 aliphatic carbocycles. The van der Waals surface area contributed by atoms with E-state index in [1.165, 1.54) is 18.2 Å². The number of ether oxygens (including phenoxy) is 1. The average Bonchev–Trinajstić information content (AvgIpc) is 2.30. The average molecular weight is 275 g/mol. The van der Waals surface area contributed by atoms with E-state index in [4.69, 9.17) is 0 Å². The van der Waals surface area contributed by atoms with E-state index in [2.05, 4.69) is 10.1 Å². The molecule has 106 valence electrons. The molecule has 1 amide bonds. The zero-order valence-corrected chi connectivity index (χ0v) is 10.8. The van der Waals surface area contributed by atoms with Crippen molar-refractivity contribution in [3.05, 3.63) is 24.3 Å². The van der Waals surface area contributed by atoms with Crippen molar-refractivity contribution >= 4 is 11.6 Å². The largest absolute Gasteiger partial charge is 0.573 e. The number of hydrogen-bond acceptors (Lipinski definition) is 2. The number of hydrogen-bond donors (Lipinski definition) is 1. The first-order valence-electron chi connectivity index (χ1n) is 5.99. The molecule has 1 N–H and O–H groups in total. The van der Waals surface area contributed by atoms with E-state index in [0.29, 0.717) is 6.42 Å². The molecule has 0 aromatic heterocycles. The maximum atomic E-state index is 12.2. The van der Waals surface area contributed by atoms with Gasteiger partial charge >= 0.3 is 6.36 Å². The van der Waals surface area contributed by atoms with E-state index in [-0.39, 0.29) is 17.5 Å². The molecular weight excluding hydrogens is 259 g/mol. The number of carbonyl (C=O) groups excluding carboxylic acids is 1. The predicted octanol–water partition coefficient (Wildman–Crippen LogP) is 3.96. The van der Waals surface area contributed by atoms with Crippen molar-refractivity contribution in [3.63, 3.8) is 0 Å². The zero-order valence-electron chi connectivity index (χ0n) is 10.8. The Hall–Kier alpha value is -1.72. The standard InChI is InChI=1S/C13H16F3NO2/c1-3-6-9(2)12(18)17-10-7-4-5-8-11(10)19-13(14,15)16/h4-5,7-9H,3,6H2,1-2H3,(H,17,18). The van der Waals surface area contributed by atoms with Crippen molar-refractivity contribution in [2.24, 2.45) is 5.92 Å². The molecule has 0 aliphatic rings. The van der Waals surface area contributed by atoms with Crippen LogP contribution < -0.4 is 10.1 Å². The molecular formula is C13H16F3NO2. The normalized spacial score (nSPS) is 12.9. The summed E-state index contributed by atoms with van der Waals surface area (Å²) in [4.78, 5) is 11.8. The number of amides is 1. The Balaban J connectivity index is 2.81. The van der Waals surface area contributed by atoms with Gasteiger partial charge in [0.05, 0.1) is 5.69 Å². The van der Waals surface area contributed by atoms with Crippen LogP contribution in [0.25, 0.3) is 0 Å². The van der Waals surface area contributed by atoms with Gasteiger partial charge in [-0.3, -0.25) is 4.79 Å². The quantitative estimate of drug-likeness (QED) is 0.883. The number of nitrogens with one attached hydrogen (secondary N) is 1. The minimum atomic E-state index is -4.78. The van der Waals surface area contributed by atoms with Gasteiger partial charge in [0.1, 0.15) is 0 Å². The third kappa shape index (κ3) is 5.19. The summed E-state index contributed by atoms with van der Waals surface area (Å²) in [6, 6.07) is 5.47. The maximum Gasteiger partial charge on any atom is 0.573 e. The summed E-state index contributed by atoms with van der Waals surface area (Å²) < 4.78 is 40.5. The van der Waals surface area contributed by atoms with Crippen molar-refractivity contribution in [2.75, 3.05) is 5.32 Å². The maximum absolute atomic E-state index is 12.2. The van der Waals surface area contributed by atoms with Gasteiger partial charge in [-0.2, -0.15) is 0 Å². The Labute approximate surface area is 109 Å². The Kier molecular flexibility index (Phi) is 5.20. The Morgan fingerprint density at radius 3 is 2.58 bits per heavy atom. The number of anilines is 1. The molecule has 0 aliphatic heterocycles. The fourth-order valence-electron chi connectivity index (χ4n) is 1.60. The van der Waals surface area contributed by atoms with Gasteiger partial charge in [0.25, 0.3) is 0 Å². The lowest BCUT2D eigenvalue weighted by molar-refractivity contribution is -0.274. The summed E-state index contributed by atoms with van der Waals surface area (Å²) in [6.07, 6.45) is -3.28. The van der Waals surface area contributed by atoms with Gasteiger partial charge in [0, 0.05) is 5.92 Å². The van der Waals surface area contributed by atoms with Crippen molar-refractivity contribution in [1.82, 2.24) is 0 Å². The van der Waals surface area contributed by atoms with Crippen LogP contribution in [-0.2, 0) is 4.79 Å². The van der Waals surface area contributed by atoms with Gasteiger partial charge in [-0.05, 0) is 18.6 Å². The molecule has 0 fully saturated rings. The van der Waals surface area contributed by atoms with E-state index in [1.54, 1.807) is 6.92 Å². The number of carbonyl (C=O) groups is 1. The Bertz CT molecular complexity index is 432. The Morgan fingerprint density at radius 2 is 2.00 bits per heavy atom. The molecule has 0 spiro atoms. The van der Waals surface area contributed by atoms with Crippen LogP contribution in [0.3, 0.4) is 0 Å². The predicted molar refractivity (Wildman–Crippen MR) is 65.8 cm³/mol. The van der Waals surface area contributed by atoms with E-state index < -0.39 is 12.1 Å². The minimum Gasteiger partial charge on any atom is -0.404 e. The summed E-state index contributed by atoms with van der Waals surface area (Å²) >= 11 is 0. The van der Waals surface area contributed by atoms with Crippen LogP contribution in [0.2, 0.25) is 0 Å². The highest BCUT2D eigenvalue weighted by atomic mass is 19.4. The number of rotatable bonds is 5. The highest BCUT2D eigenvalue weighted by Gasteiger charge is 2.32.